The van der Waals surface area contributed by atoms with Gasteiger partial charge < -0.3 is 25.3 Å². The second-order valence-electron chi connectivity index (χ2n) is 10.0. The van der Waals surface area contributed by atoms with Crippen LogP contribution < -0.4 is 15.4 Å². The number of likely N-dealkylation sites (N-methyl/N-ethyl adjacent to an activating group) is 1. The Kier molecular flexibility index (Phi) is 7.31. The van der Waals surface area contributed by atoms with Crippen molar-refractivity contribution in [1.82, 2.24) is 34.4 Å². The first-order valence-electron chi connectivity index (χ1n) is 13.3. The number of carbonyl (C=O) groups is 1. The zero-order valence-electron chi connectivity index (χ0n) is 23.4. The first-order chi connectivity index (χ1) is 20.4. The molecule has 0 fully saturated rings. The van der Waals surface area contributed by atoms with E-state index in [0.29, 0.717) is 35.1 Å². The van der Waals surface area contributed by atoms with Crippen LogP contribution in [0.5, 0.6) is 11.5 Å². The van der Waals surface area contributed by atoms with Crippen molar-refractivity contribution < 1.29 is 9.53 Å². The molecule has 4 heterocycles. The van der Waals surface area contributed by atoms with Crippen LogP contribution in [0.3, 0.4) is 0 Å². The molecule has 0 bridgehead atoms. The lowest BCUT2D eigenvalue weighted by Crippen LogP contribution is -2.12. The Hall–Kier alpha value is -5.55. The summed E-state index contributed by atoms with van der Waals surface area (Å²) in [5.74, 6) is 1.91. The predicted octanol–water partition coefficient (Wildman–Crippen LogP) is 5.57. The Labute approximate surface area is 241 Å². The maximum absolute atomic E-state index is 12.3. The maximum atomic E-state index is 12.3. The van der Waals surface area contributed by atoms with Gasteiger partial charge in [0, 0.05) is 47.5 Å². The minimum atomic E-state index is -0.175. The average Bonchev–Trinajstić information content (AvgIpc) is 3.62. The van der Waals surface area contributed by atoms with Crippen molar-refractivity contribution in [2.24, 2.45) is 0 Å². The number of aryl methyl sites for hydroxylation is 1. The fourth-order valence-electron chi connectivity index (χ4n) is 4.48. The molecule has 4 aromatic heterocycles. The highest BCUT2D eigenvalue weighted by Crippen LogP contribution is 2.32. The van der Waals surface area contributed by atoms with Gasteiger partial charge in [-0.1, -0.05) is 18.2 Å². The van der Waals surface area contributed by atoms with Crippen LogP contribution in [0.2, 0.25) is 0 Å². The molecule has 3 N–H and O–H groups in total. The smallest absolute Gasteiger partial charge is 0.248 e. The van der Waals surface area contributed by atoms with Crippen molar-refractivity contribution in [3.8, 4) is 22.8 Å². The highest BCUT2D eigenvalue weighted by atomic mass is 16.5. The van der Waals surface area contributed by atoms with E-state index >= 15 is 0 Å². The number of H-pyrrole nitrogens is 1. The SMILES string of the molecule is Cc1cc(Nc2ncnc3[nH]c(-c4cccc(NC(=O)/C=C/CN(C)C)c4)cc23)ccc1Oc1ccn2ncnc2c1. The fourth-order valence-corrected chi connectivity index (χ4v) is 4.48. The monoisotopic (exact) mass is 559 g/mol. The second kappa shape index (κ2) is 11.5. The molecule has 0 spiro atoms. The van der Waals surface area contributed by atoms with Crippen molar-refractivity contribution in [3.63, 3.8) is 0 Å². The van der Waals surface area contributed by atoms with E-state index in [1.54, 1.807) is 10.6 Å². The number of anilines is 3. The molecule has 210 valence electrons. The van der Waals surface area contributed by atoms with Crippen LogP contribution in [0.15, 0.2) is 91.7 Å². The zero-order chi connectivity index (χ0) is 29.1. The summed E-state index contributed by atoms with van der Waals surface area (Å²) in [6, 6.07) is 19.2. The third-order valence-corrected chi connectivity index (χ3v) is 6.52. The standard InChI is InChI=1S/C31H29N9O2/c1-20-14-23(9-10-27(20)42-24-11-13-40-28(16-24)32-19-35-40)37-30-25-17-26(38-31(25)34-18-33-30)21-6-4-7-22(15-21)36-29(41)8-5-12-39(2)3/h4-11,13-19H,12H2,1-3H3,(H,36,41)(H2,33,34,37,38)/b8-5+. The van der Waals surface area contributed by atoms with E-state index in [4.69, 9.17) is 4.74 Å². The number of pyridine rings is 1. The summed E-state index contributed by atoms with van der Waals surface area (Å²) in [6.45, 7) is 2.68. The fraction of sp³-hybridized carbons (Fsp3) is 0.129. The van der Waals surface area contributed by atoms with Gasteiger partial charge in [-0.15, -0.1) is 0 Å². The number of hydrogen-bond donors (Lipinski definition) is 3. The van der Waals surface area contributed by atoms with E-state index < -0.39 is 0 Å². The minimum absolute atomic E-state index is 0.175. The summed E-state index contributed by atoms with van der Waals surface area (Å²) < 4.78 is 7.79. The largest absolute Gasteiger partial charge is 0.457 e. The van der Waals surface area contributed by atoms with Crippen molar-refractivity contribution in [1.29, 1.82) is 0 Å². The third kappa shape index (κ3) is 5.96. The van der Waals surface area contributed by atoms with Gasteiger partial charge in [0.1, 0.15) is 35.6 Å². The number of hydrogen-bond acceptors (Lipinski definition) is 8. The number of ether oxygens (including phenoxy) is 1. The highest BCUT2D eigenvalue weighted by molar-refractivity contribution is 6.00. The van der Waals surface area contributed by atoms with Crippen LogP contribution >= 0.6 is 0 Å². The molecule has 0 saturated heterocycles. The van der Waals surface area contributed by atoms with Crippen molar-refractivity contribution in [2.45, 2.75) is 6.92 Å². The lowest BCUT2D eigenvalue weighted by atomic mass is 10.1. The molecule has 2 aromatic carbocycles. The van der Waals surface area contributed by atoms with Crippen molar-refractivity contribution in [2.75, 3.05) is 31.3 Å². The Balaban J connectivity index is 1.19. The summed E-state index contributed by atoms with van der Waals surface area (Å²) in [5.41, 5.74) is 5.71. The molecule has 11 nitrogen and oxygen atoms in total. The van der Waals surface area contributed by atoms with Gasteiger partial charge in [-0.25, -0.2) is 19.5 Å². The topological polar surface area (TPSA) is 125 Å². The molecular weight excluding hydrogens is 530 g/mol. The molecule has 6 aromatic rings. The Morgan fingerprint density at radius 3 is 2.79 bits per heavy atom. The first-order valence-corrected chi connectivity index (χ1v) is 13.3. The number of benzene rings is 2. The van der Waals surface area contributed by atoms with Crippen molar-refractivity contribution >= 4 is 39.8 Å². The number of carbonyl (C=O) groups excluding carboxylic acids is 1. The van der Waals surface area contributed by atoms with Crippen LogP contribution in [-0.4, -0.2) is 61.0 Å². The highest BCUT2D eigenvalue weighted by Gasteiger charge is 2.12. The van der Waals surface area contributed by atoms with E-state index in [2.05, 4.69) is 35.7 Å². The van der Waals surface area contributed by atoms with Crippen LogP contribution in [-0.2, 0) is 4.79 Å². The first kappa shape index (κ1) is 26.7. The van der Waals surface area contributed by atoms with Crippen LogP contribution in [0.4, 0.5) is 17.2 Å². The van der Waals surface area contributed by atoms with Crippen molar-refractivity contribution in [3.05, 3.63) is 97.2 Å². The molecule has 6 rings (SSSR count). The number of nitrogens with one attached hydrogen (secondary N) is 3. The van der Waals surface area contributed by atoms with Crippen LogP contribution in [0.25, 0.3) is 27.9 Å². The quantitative estimate of drug-likeness (QED) is 0.196. The van der Waals surface area contributed by atoms with Gasteiger partial charge in [-0.05, 0) is 69.0 Å². The van der Waals surface area contributed by atoms with Gasteiger partial charge in [0.05, 0.1) is 5.39 Å². The summed E-state index contributed by atoms with van der Waals surface area (Å²) in [6.07, 6.45) is 8.21. The van der Waals surface area contributed by atoms with Crippen LogP contribution in [0, 0.1) is 6.92 Å². The molecule has 0 aliphatic carbocycles. The average molecular weight is 560 g/mol. The second-order valence-corrected chi connectivity index (χ2v) is 10.0. The lowest BCUT2D eigenvalue weighted by molar-refractivity contribution is -0.111. The molecule has 1 amide bonds. The van der Waals surface area contributed by atoms with E-state index in [0.717, 1.165) is 33.6 Å². The van der Waals surface area contributed by atoms with Gasteiger partial charge >= 0.3 is 0 Å². The summed E-state index contributed by atoms with van der Waals surface area (Å²) in [5, 5.41) is 11.3. The third-order valence-electron chi connectivity index (χ3n) is 6.52. The predicted molar refractivity (Wildman–Crippen MR) is 163 cm³/mol. The lowest BCUT2D eigenvalue weighted by Gasteiger charge is -2.12. The van der Waals surface area contributed by atoms with Gasteiger partial charge in [-0.2, -0.15) is 5.10 Å². The number of fused-ring (bicyclic) bond motifs is 2. The zero-order valence-corrected chi connectivity index (χ0v) is 23.4. The van der Waals surface area contributed by atoms with E-state index in [1.807, 2.05) is 98.9 Å². The van der Waals surface area contributed by atoms with Gasteiger partial charge in [0.25, 0.3) is 0 Å². The number of rotatable bonds is 9. The summed E-state index contributed by atoms with van der Waals surface area (Å²) in [7, 11) is 3.90. The van der Waals surface area contributed by atoms with Gasteiger partial charge in [-0.3, -0.25) is 4.79 Å². The molecule has 0 unspecified atom stereocenters. The number of aromatic amines is 1. The number of aromatic nitrogens is 6. The van der Waals surface area contributed by atoms with Gasteiger partial charge in [0.15, 0.2) is 5.65 Å². The Morgan fingerprint density at radius 2 is 1.93 bits per heavy atom. The Bertz CT molecular complexity index is 1920. The van der Waals surface area contributed by atoms with E-state index in [-0.39, 0.29) is 5.91 Å². The van der Waals surface area contributed by atoms with E-state index in [9.17, 15) is 4.79 Å². The Morgan fingerprint density at radius 1 is 1.02 bits per heavy atom. The molecule has 42 heavy (non-hydrogen) atoms. The summed E-state index contributed by atoms with van der Waals surface area (Å²) in [4.78, 5) is 30.8. The number of nitrogens with zero attached hydrogens (tertiary/aromatic N) is 6. The molecular formula is C31H29N9O2. The molecule has 0 radical (unpaired) electrons. The minimum Gasteiger partial charge on any atom is -0.457 e. The molecule has 11 heteroatoms. The molecule has 0 atom stereocenters. The van der Waals surface area contributed by atoms with Gasteiger partial charge in [0.2, 0.25) is 5.91 Å². The summed E-state index contributed by atoms with van der Waals surface area (Å²) >= 11 is 0. The van der Waals surface area contributed by atoms with E-state index in [1.165, 1.54) is 12.7 Å². The normalized spacial score (nSPS) is 11.5. The maximum Gasteiger partial charge on any atom is 0.248 e. The van der Waals surface area contributed by atoms with Crippen LogP contribution in [0.1, 0.15) is 5.56 Å². The molecule has 0 aliphatic heterocycles. The molecule has 0 aliphatic rings. The number of amides is 1. The molecule has 0 saturated carbocycles.